The Hall–Kier alpha value is -1.41. The van der Waals surface area contributed by atoms with Crippen molar-refractivity contribution in [2.45, 2.75) is 51.0 Å². The average molecular weight is 560 g/mol. The molecule has 2 nitrogen and oxygen atoms in total. The number of benzene rings is 3. The van der Waals surface area contributed by atoms with Gasteiger partial charge in [-0.25, -0.2) is 0 Å². The zero-order chi connectivity index (χ0) is 23.7. The molecule has 0 aromatic heterocycles. The summed E-state index contributed by atoms with van der Waals surface area (Å²) in [4.78, 5) is 4.83. The van der Waals surface area contributed by atoms with Crippen molar-refractivity contribution >= 4 is 23.2 Å². The van der Waals surface area contributed by atoms with Crippen molar-refractivity contribution in [1.82, 2.24) is 0 Å². The summed E-state index contributed by atoms with van der Waals surface area (Å²) < 4.78 is 0. The van der Waals surface area contributed by atoms with E-state index >= 15 is 0 Å². The first-order valence-corrected chi connectivity index (χ1v) is 17.8. The number of aliphatic imine (C=N–C) groups is 1. The van der Waals surface area contributed by atoms with Crippen LogP contribution in [0.25, 0.3) is 0 Å². The van der Waals surface area contributed by atoms with Gasteiger partial charge in [0.1, 0.15) is 5.75 Å². The number of nitrogens with zero attached hydrogens (tertiary/aromatic N) is 1. The van der Waals surface area contributed by atoms with Crippen molar-refractivity contribution in [3.63, 3.8) is 0 Å². The van der Waals surface area contributed by atoms with Crippen LogP contribution in [0.1, 0.15) is 61.8 Å². The van der Waals surface area contributed by atoms with Gasteiger partial charge in [0.2, 0.25) is 0 Å². The van der Waals surface area contributed by atoms with E-state index in [2.05, 4.69) is 62.4 Å². The normalized spacial score (nSPS) is 18.4. The van der Waals surface area contributed by atoms with E-state index in [9.17, 15) is 5.11 Å². The molecule has 1 saturated carbocycles. The van der Waals surface area contributed by atoms with Gasteiger partial charge < -0.3 is 5.11 Å². The van der Waals surface area contributed by atoms with Gasteiger partial charge in [0.05, 0.1) is 0 Å². The second kappa shape index (κ2) is 12.9. The molecule has 4 rings (SSSR count). The standard InChI is InChI=1S/C28H31NO.2ClH.Zr/c1-21-16-18-25(19-17-21)29-20-22-10-9-15-26(27(22)30)28(2,23-11-5-3-6-12-23)24-13-7-4-8-14-24;;;/h3-15,20-21,25,30H,16-19H2,1-2H3;2*1H;/q;;;+2/p-2. The van der Waals surface area contributed by atoms with Gasteiger partial charge in [-0.2, -0.15) is 0 Å². The van der Waals surface area contributed by atoms with Crippen LogP contribution in [0.15, 0.2) is 83.9 Å². The fourth-order valence-electron chi connectivity index (χ4n) is 4.67. The second-order valence-electron chi connectivity index (χ2n) is 8.86. The van der Waals surface area contributed by atoms with E-state index in [1.807, 2.05) is 36.5 Å². The first-order chi connectivity index (χ1) is 16.0. The van der Waals surface area contributed by atoms with Gasteiger partial charge in [-0.1, -0.05) is 79.7 Å². The van der Waals surface area contributed by atoms with Crippen LogP contribution >= 0.6 is 17.0 Å². The Balaban J connectivity index is 0.000000968. The molecule has 3 aromatic carbocycles. The zero-order valence-electron chi connectivity index (χ0n) is 19.2. The molecule has 5 heteroatoms. The Bertz CT molecular complexity index is 979. The molecule has 0 saturated heterocycles. The van der Waals surface area contributed by atoms with Crippen molar-refractivity contribution in [3.8, 4) is 5.75 Å². The molecule has 1 aliphatic carbocycles. The molecule has 172 valence electrons. The molecule has 0 unspecified atom stereocenters. The fourth-order valence-corrected chi connectivity index (χ4v) is 4.67. The minimum absolute atomic E-state index is 0.320. The second-order valence-corrected chi connectivity index (χ2v) is 12.6. The van der Waals surface area contributed by atoms with E-state index in [0.29, 0.717) is 11.8 Å². The first kappa shape index (κ1) is 26.2. The van der Waals surface area contributed by atoms with Gasteiger partial charge in [0.25, 0.3) is 0 Å². The molecule has 33 heavy (non-hydrogen) atoms. The molecule has 0 atom stereocenters. The molecule has 0 heterocycles. The number of halogens is 2. The SMILES string of the molecule is CC1CCC(N=Cc2cccc(C(C)(c3ccccc3)c3ccccc3)c2O)CC1.[Cl][Zr][Cl]. The fraction of sp³-hybridized carbons (Fsp3) is 0.321. The average Bonchev–Trinajstić information content (AvgIpc) is 2.85. The van der Waals surface area contributed by atoms with Gasteiger partial charge in [0, 0.05) is 28.8 Å². The third-order valence-corrected chi connectivity index (χ3v) is 6.72. The van der Waals surface area contributed by atoms with Crippen LogP contribution in [0.5, 0.6) is 5.75 Å². The van der Waals surface area contributed by atoms with E-state index < -0.39 is 26.3 Å². The van der Waals surface area contributed by atoms with E-state index in [1.165, 1.54) is 12.8 Å². The summed E-state index contributed by atoms with van der Waals surface area (Å²) in [5.74, 6) is 1.13. The minimum atomic E-state index is -0.826. The topological polar surface area (TPSA) is 32.6 Å². The van der Waals surface area contributed by atoms with Crippen LogP contribution < -0.4 is 0 Å². The number of phenolic OH excluding ortho intramolecular Hbond substituents is 1. The number of hydrogen-bond acceptors (Lipinski definition) is 2. The van der Waals surface area contributed by atoms with Crippen LogP contribution in [0.4, 0.5) is 0 Å². The molecule has 1 fully saturated rings. The number of para-hydroxylation sites is 1. The summed E-state index contributed by atoms with van der Waals surface area (Å²) >= 11 is -0.826. The van der Waals surface area contributed by atoms with E-state index in [1.54, 1.807) is 0 Å². The molecule has 1 N–H and O–H groups in total. The van der Waals surface area contributed by atoms with Crippen molar-refractivity contribution in [2.75, 3.05) is 0 Å². The summed E-state index contributed by atoms with van der Waals surface area (Å²) in [5.41, 5.74) is 3.55. The van der Waals surface area contributed by atoms with Crippen LogP contribution in [-0.2, 0) is 26.3 Å². The molecule has 0 spiro atoms. The molecule has 0 amide bonds. The van der Waals surface area contributed by atoms with Gasteiger partial charge in [-0.3, -0.25) is 4.99 Å². The van der Waals surface area contributed by atoms with Gasteiger partial charge in [-0.05, 0) is 55.7 Å². The predicted molar refractivity (Wildman–Crippen MR) is 137 cm³/mol. The summed E-state index contributed by atoms with van der Waals surface area (Å²) in [5, 5.41) is 11.3. The van der Waals surface area contributed by atoms with Crippen molar-refractivity contribution < 1.29 is 26.0 Å². The Morgan fingerprint density at radius 1 is 0.848 bits per heavy atom. The Morgan fingerprint density at radius 2 is 1.36 bits per heavy atom. The monoisotopic (exact) mass is 557 g/mol. The van der Waals surface area contributed by atoms with Gasteiger partial charge in [0.15, 0.2) is 0 Å². The number of phenols is 1. The van der Waals surface area contributed by atoms with E-state index in [4.69, 9.17) is 22.0 Å². The van der Waals surface area contributed by atoms with Gasteiger partial charge in [-0.15, -0.1) is 0 Å². The third kappa shape index (κ3) is 6.59. The first-order valence-electron chi connectivity index (χ1n) is 11.4. The maximum absolute atomic E-state index is 11.3. The Kier molecular flexibility index (Phi) is 10.2. The van der Waals surface area contributed by atoms with Gasteiger partial charge >= 0.3 is 37.9 Å². The summed E-state index contributed by atoms with van der Waals surface area (Å²) in [6, 6.07) is 27.2. The van der Waals surface area contributed by atoms with Crippen LogP contribution in [0, 0.1) is 5.92 Å². The Morgan fingerprint density at radius 3 is 1.88 bits per heavy atom. The molecule has 0 radical (unpaired) electrons. The predicted octanol–water partition coefficient (Wildman–Crippen LogP) is 8.12. The molecular formula is C28H31Cl2NOZr. The summed E-state index contributed by atoms with van der Waals surface area (Å²) in [6.07, 6.45) is 6.66. The zero-order valence-corrected chi connectivity index (χ0v) is 23.2. The van der Waals surface area contributed by atoms with Crippen LogP contribution in [0.3, 0.4) is 0 Å². The summed E-state index contributed by atoms with van der Waals surface area (Å²) in [6.45, 7) is 4.51. The van der Waals surface area contributed by atoms with Crippen LogP contribution in [0.2, 0.25) is 0 Å². The summed E-state index contributed by atoms with van der Waals surface area (Å²) in [7, 11) is 9.87. The van der Waals surface area contributed by atoms with E-state index in [0.717, 1.165) is 41.0 Å². The Labute approximate surface area is 216 Å². The molecule has 1 aliphatic rings. The van der Waals surface area contributed by atoms with E-state index in [-0.39, 0.29) is 0 Å². The third-order valence-electron chi connectivity index (χ3n) is 6.72. The molecule has 0 bridgehead atoms. The van der Waals surface area contributed by atoms with Crippen molar-refractivity contribution in [3.05, 3.63) is 101 Å². The maximum atomic E-state index is 11.3. The van der Waals surface area contributed by atoms with Crippen LogP contribution in [-0.4, -0.2) is 17.4 Å². The number of rotatable bonds is 5. The molecule has 3 aromatic rings. The quantitative estimate of drug-likeness (QED) is 0.249. The number of aromatic hydroxyl groups is 1. The molecule has 0 aliphatic heterocycles. The van der Waals surface area contributed by atoms with Crippen molar-refractivity contribution in [1.29, 1.82) is 0 Å². The number of hydrogen-bond donors (Lipinski definition) is 1. The van der Waals surface area contributed by atoms with Crippen molar-refractivity contribution in [2.24, 2.45) is 10.9 Å². The molecular weight excluding hydrogens is 528 g/mol.